The summed E-state index contributed by atoms with van der Waals surface area (Å²) in [6.07, 6.45) is 0. The zero-order valence-corrected chi connectivity index (χ0v) is 7.05. The summed E-state index contributed by atoms with van der Waals surface area (Å²) >= 11 is 5.52. The van der Waals surface area contributed by atoms with E-state index < -0.39 is 6.61 Å². The van der Waals surface area contributed by atoms with E-state index in [1.54, 1.807) is 6.07 Å². The number of halogens is 3. The van der Waals surface area contributed by atoms with Gasteiger partial charge in [0.25, 0.3) is 0 Å². The molecule has 0 spiro atoms. The number of hydrogen-bond donors (Lipinski definition) is 0. The number of nitrogens with zero attached hydrogens (tertiary/aromatic N) is 1. The van der Waals surface area contributed by atoms with E-state index >= 15 is 0 Å². The number of benzene rings is 1. The van der Waals surface area contributed by atoms with Crippen LogP contribution >= 0.6 is 11.6 Å². The molecule has 0 aliphatic rings. The van der Waals surface area contributed by atoms with Crippen molar-refractivity contribution < 1.29 is 13.5 Å². The molecule has 1 aromatic carbocycles. The minimum Gasteiger partial charge on any atom is -0.433 e. The third-order valence-electron chi connectivity index (χ3n) is 1.28. The number of rotatable bonds is 2. The summed E-state index contributed by atoms with van der Waals surface area (Å²) in [5.41, 5.74) is 0.0321. The molecular weight excluding hydrogens is 200 g/mol. The standard InChI is InChI=1S/C8H4ClF2NO/c9-6-2-1-5(4-12)7(3-6)13-8(10)11/h1-3,8H. The third kappa shape index (κ3) is 2.56. The fourth-order valence-electron chi connectivity index (χ4n) is 0.782. The molecular formula is C8H4ClF2NO. The Hall–Kier alpha value is -1.34. The molecule has 0 unspecified atom stereocenters. The van der Waals surface area contributed by atoms with E-state index in [1.807, 2.05) is 0 Å². The average Bonchev–Trinajstić information content (AvgIpc) is 2.03. The van der Waals surface area contributed by atoms with Gasteiger partial charge in [-0.05, 0) is 12.1 Å². The zero-order valence-electron chi connectivity index (χ0n) is 6.30. The van der Waals surface area contributed by atoms with E-state index in [1.165, 1.54) is 18.2 Å². The van der Waals surface area contributed by atoms with Gasteiger partial charge in [-0.3, -0.25) is 0 Å². The maximum absolute atomic E-state index is 11.8. The second-order valence-corrected chi connectivity index (χ2v) is 2.57. The topological polar surface area (TPSA) is 33.0 Å². The van der Waals surface area contributed by atoms with Crippen LogP contribution in [0, 0.1) is 11.3 Å². The van der Waals surface area contributed by atoms with Crippen LogP contribution in [-0.2, 0) is 0 Å². The summed E-state index contributed by atoms with van der Waals surface area (Å²) in [6.45, 7) is -2.95. The molecule has 0 N–H and O–H groups in total. The molecule has 0 radical (unpaired) electrons. The minimum absolute atomic E-state index is 0.0321. The molecule has 0 aliphatic carbocycles. The average molecular weight is 204 g/mol. The maximum atomic E-state index is 11.8. The molecule has 0 fully saturated rings. The van der Waals surface area contributed by atoms with Crippen LogP contribution in [0.4, 0.5) is 8.78 Å². The molecule has 0 saturated carbocycles. The van der Waals surface area contributed by atoms with Crippen LogP contribution in [0.25, 0.3) is 0 Å². The van der Waals surface area contributed by atoms with Gasteiger partial charge in [-0.2, -0.15) is 14.0 Å². The van der Waals surface area contributed by atoms with E-state index in [4.69, 9.17) is 16.9 Å². The maximum Gasteiger partial charge on any atom is 0.387 e. The fraction of sp³-hybridized carbons (Fsp3) is 0.125. The molecule has 0 heterocycles. The highest BCUT2D eigenvalue weighted by atomic mass is 35.5. The van der Waals surface area contributed by atoms with Crippen molar-refractivity contribution in [3.63, 3.8) is 0 Å². The van der Waals surface area contributed by atoms with Crippen molar-refractivity contribution in [3.8, 4) is 11.8 Å². The van der Waals surface area contributed by atoms with E-state index in [9.17, 15) is 8.78 Å². The van der Waals surface area contributed by atoms with Crippen LogP contribution in [0.1, 0.15) is 5.56 Å². The molecule has 0 amide bonds. The highest BCUT2D eigenvalue weighted by Gasteiger charge is 2.09. The lowest BCUT2D eigenvalue weighted by atomic mass is 10.2. The largest absolute Gasteiger partial charge is 0.433 e. The molecule has 13 heavy (non-hydrogen) atoms. The SMILES string of the molecule is N#Cc1ccc(Cl)cc1OC(F)F. The zero-order chi connectivity index (χ0) is 9.84. The molecule has 5 heteroatoms. The van der Waals surface area contributed by atoms with Crippen molar-refractivity contribution >= 4 is 11.6 Å². The Labute approximate surface area is 78.3 Å². The molecule has 0 saturated heterocycles. The van der Waals surface area contributed by atoms with Gasteiger partial charge < -0.3 is 4.74 Å². The smallest absolute Gasteiger partial charge is 0.387 e. The highest BCUT2D eigenvalue weighted by Crippen LogP contribution is 2.24. The first-order chi connectivity index (χ1) is 6.13. The Bertz CT molecular complexity index is 348. The Morgan fingerprint density at radius 3 is 2.69 bits per heavy atom. The fourth-order valence-corrected chi connectivity index (χ4v) is 0.944. The van der Waals surface area contributed by atoms with Crippen LogP contribution in [-0.4, -0.2) is 6.61 Å². The Kier molecular flexibility index (Phi) is 3.04. The van der Waals surface area contributed by atoms with Crippen molar-refractivity contribution in [1.82, 2.24) is 0 Å². The van der Waals surface area contributed by atoms with Gasteiger partial charge in [-0.15, -0.1) is 0 Å². The van der Waals surface area contributed by atoms with E-state index in [-0.39, 0.29) is 16.3 Å². The Morgan fingerprint density at radius 2 is 2.15 bits per heavy atom. The van der Waals surface area contributed by atoms with Gasteiger partial charge in [-0.25, -0.2) is 0 Å². The summed E-state index contributed by atoms with van der Waals surface area (Å²) in [5, 5.41) is 8.75. The lowest BCUT2D eigenvalue weighted by Crippen LogP contribution is -2.03. The van der Waals surface area contributed by atoms with E-state index in [2.05, 4.69) is 4.74 Å². The highest BCUT2D eigenvalue weighted by molar-refractivity contribution is 6.30. The first-order valence-corrected chi connectivity index (χ1v) is 3.65. The van der Waals surface area contributed by atoms with Crippen molar-refractivity contribution in [2.45, 2.75) is 6.61 Å². The van der Waals surface area contributed by atoms with Crippen LogP contribution in [0.2, 0.25) is 5.02 Å². The summed E-state index contributed by atoms with van der Waals surface area (Å²) in [6, 6.07) is 5.63. The van der Waals surface area contributed by atoms with Gasteiger partial charge in [0.1, 0.15) is 11.8 Å². The lowest BCUT2D eigenvalue weighted by molar-refractivity contribution is -0.0500. The van der Waals surface area contributed by atoms with Crippen LogP contribution in [0.3, 0.4) is 0 Å². The summed E-state index contributed by atoms with van der Waals surface area (Å²) in [5.74, 6) is -0.204. The van der Waals surface area contributed by atoms with E-state index in [0.717, 1.165) is 0 Å². The second-order valence-electron chi connectivity index (χ2n) is 2.13. The third-order valence-corrected chi connectivity index (χ3v) is 1.52. The summed E-state index contributed by atoms with van der Waals surface area (Å²) in [4.78, 5) is 0. The van der Waals surface area contributed by atoms with Crippen molar-refractivity contribution in [1.29, 1.82) is 5.26 Å². The number of ether oxygens (including phenoxy) is 1. The van der Waals surface area contributed by atoms with Gasteiger partial charge in [0.05, 0.1) is 5.56 Å². The first-order valence-electron chi connectivity index (χ1n) is 3.28. The number of hydrogen-bond acceptors (Lipinski definition) is 2. The molecule has 2 nitrogen and oxygen atoms in total. The van der Waals surface area contributed by atoms with Crippen LogP contribution in [0.15, 0.2) is 18.2 Å². The molecule has 1 aromatic rings. The van der Waals surface area contributed by atoms with Crippen LogP contribution < -0.4 is 4.74 Å². The molecule has 68 valence electrons. The van der Waals surface area contributed by atoms with Crippen molar-refractivity contribution in [3.05, 3.63) is 28.8 Å². The minimum atomic E-state index is -2.95. The molecule has 0 atom stereocenters. The summed E-state index contributed by atoms with van der Waals surface area (Å²) < 4.78 is 27.7. The van der Waals surface area contributed by atoms with Gasteiger partial charge in [0.15, 0.2) is 0 Å². The quantitative estimate of drug-likeness (QED) is 0.741. The van der Waals surface area contributed by atoms with Gasteiger partial charge >= 0.3 is 6.61 Å². The number of alkyl halides is 2. The van der Waals surface area contributed by atoms with Crippen molar-refractivity contribution in [2.75, 3.05) is 0 Å². The predicted octanol–water partition coefficient (Wildman–Crippen LogP) is 2.81. The molecule has 0 bridgehead atoms. The molecule has 0 aliphatic heterocycles. The van der Waals surface area contributed by atoms with E-state index in [0.29, 0.717) is 0 Å². The summed E-state index contributed by atoms with van der Waals surface area (Å²) in [7, 11) is 0. The van der Waals surface area contributed by atoms with Gasteiger partial charge in [-0.1, -0.05) is 11.6 Å². The lowest BCUT2D eigenvalue weighted by Gasteiger charge is -2.05. The second kappa shape index (κ2) is 4.06. The number of nitriles is 1. The van der Waals surface area contributed by atoms with Gasteiger partial charge in [0.2, 0.25) is 0 Å². The molecule has 0 aromatic heterocycles. The molecule has 1 rings (SSSR count). The van der Waals surface area contributed by atoms with Gasteiger partial charge in [0, 0.05) is 11.1 Å². The first kappa shape index (κ1) is 9.75. The Morgan fingerprint density at radius 1 is 1.46 bits per heavy atom. The monoisotopic (exact) mass is 203 g/mol. The Balaban J connectivity index is 3.03. The van der Waals surface area contributed by atoms with Crippen molar-refractivity contribution in [2.24, 2.45) is 0 Å². The predicted molar refractivity (Wildman–Crippen MR) is 42.8 cm³/mol. The normalized spacial score (nSPS) is 9.77. The van der Waals surface area contributed by atoms with Crippen LogP contribution in [0.5, 0.6) is 5.75 Å².